The Balaban J connectivity index is 0.000000948. The number of nitrogens with one attached hydrogen (secondary N) is 2. The van der Waals surface area contributed by atoms with Crippen molar-refractivity contribution < 1.29 is 46.3 Å². The van der Waals surface area contributed by atoms with Gasteiger partial charge in [0.15, 0.2) is 0 Å². The van der Waals surface area contributed by atoms with Crippen LogP contribution in [-0.2, 0) is 46.3 Å². The maximum atomic E-state index is 8.70. The summed E-state index contributed by atoms with van der Waals surface area (Å²) in [6.45, 7) is 0. The molecule has 0 amide bonds. The zero-order valence-corrected chi connectivity index (χ0v) is 29.4. The van der Waals surface area contributed by atoms with Crippen LogP contribution in [0.5, 0.6) is 0 Å². The number of rotatable bonds is 0. The molecule has 5 heterocycles. The van der Waals surface area contributed by atoms with E-state index >= 15 is 0 Å². The standard InChI is InChI=1S/C34H18N12.2Mo.2O/c35-33-43-29-21-13-5-1-9-17(21)25(39-29)37-26-18-10-2-6-14-22(18)30(40-26)45-34(36)46-32-24-16-8-4-12-20(24)28(42-32)38-27-19-11-3-7-15-23(19)31(41-27)44-33;;;;/h1-16H,(H2-4,35,36,37,38,39,40,41,42,43,44,45,46);;;;/q-4;;;;. The van der Waals surface area contributed by atoms with Crippen molar-refractivity contribution in [1.29, 1.82) is 0 Å². The Morgan fingerprint density at radius 2 is 0.620 bits per heavy atom. The third-order valence-corrected chi connectivity index (χ3v) is 7.75. The van der Waals surface area contributed by atoms with Gasteiger partial charge in [0.2, 0.25) is 0 Å². The number of aromatic nitrogens is 10. The van der Waals surface area contributed by atoms with Gasteiger partial charge >= 0.3 is 46.3 Å². The second-order valence-corrected chi connectivity index (χ2v) is 10.5. The monoisotopic (exact) mass is 822 g/mol. The molecule has 0 atom stereocenters. The first-order valence-corrected chi connectivity index (χ1v) is 16.3. The van der Waals surface area contributed by atoms with Gasteiger partial charge in [0.05, 0.1) is 23.3 Å². The molecule has 242 valence electrons. The van der Waals surface area contributed by atoms with Gasteiger partial charge in [0, 0.05) is 56.7 Å². The molecule has 2 N–H and O–H groups in total. The summed E-state index contributed by atoms with van der Waals surface area (Å²) in [4.78, 5) is 46.3. The van der Waals surface area contributed by atoms with Gasteiger partial charge in [-0.05, 0) is 21.5 Å². The van der Waals surface area contributed by atoms with Gasteiger partial charge < -0.3 is 51.3 Å². The number of fused-ring (bicyclic) bond motifs is 20. The van der Waals surface area contributed by atoms with E-state index in [1.807, 2.05) is 97.1 Å². The van der Waals surface area contributed by atoms with Crippen LogP contribution >= 0.6 is 0 Å². The topological polar surface area (TPSA) is 213 Å². The van der Waals surface area contributed by atoms with E-state index in [-0.39, 0.29) is 11.9 Å². The fourth-order valence-corrected chi connectivity index (χ4v) is 5.71. The third-order valence-electron chi connectivity index (χ3n) is 7.75. The molecule has 4 aromatic carbocycles. The minimum atomic E-state index is -0.270. The van der Waals surface area contributed by atoms with Crippen molar-refractivity contribution in [3.05, 3.63) is 109 Å². The Hall–Kier alpha value is -5.84. The quantitative estimate of drug-likeness (QED) is 0.139. The van der Waals surface area contributed by atoms with Crippen molar-refractivity contribution in [2.45, 2.75) is 0 Å². The van der Waals surface area contributed by atoms with Crippen LogP contribution in [0.3, 0.4) is 0 Å². The summed E-state index contributed by atoms with van der Waals surface area (Å²) in [5.41, 5.74) is 21.7. The average molecular weight is 818 g/mol. The number of nitrogens with zero attached hydrogens (tertiary/aromatic N) is 10. The van der Waals surface area contributed by atoms with E-state index in [1.54, 1.807) is 0 Å². The first-order chi connectivity index (χ1) is 24.6. The fourth-order valence-electron chi connectivity index (χ4n) is 5.71. The van der Waals surface area contributed by atoms with Crippen molar-refractivity contribution in [2.24, 2.45) is 0 Å². The first-order valence-electron chi connectivity index (χ1n) is 14.6. The van der Waals surface area contributed by atoms with Gasteiger partial charge in [-0.15, -0.1) is 0 Å². The van der Waals surface area contributed by atoms with E-state index in [0.29, 0.717) is 107 Å². The summed E-state index contributed by atoms with van der Waals surface area (Å²) >= 11 is 1.40. The Bertz CT molecular complexity index is 2510. The summed E-state index contributed by atoms with van der Waals surface area (Å²) in [7, 11) is 0. The normalized spacial score (nSPS) is 10.9. The SMILES string of the molecule is [NH-]c1nc2nc(nc3[n-]c(nc([NH-])nc4nc(nc5[n-]c(n1)c1ccccc51)-c1ccccc1-4)c1ccccc31)-c1ccccc1-2.[O]=[Mo].[O]=[Mo]. The van der Waals surface area contributed by atoms with Crippen LogP contribution in [0.1, 0.15) is 0 Å². The van der Waals surface area contributed by atoms with Crippen molar-refractivity contribution in [1.82, 2.24) is 49.8 Å². The Morgan fingerprint density at radius 1 is 0.360 bits per heavy atom. The van der Waals surface area contributed by atoms with E-state index in [2.05, 4.69) is 19.9 Å². The molecule has 50 heavy (non-hydrogen) atoms. The number of hydrogen-bond donors (Lipinski definition) is 0. The zero-order chi connectivity index (χ0) is 34.8. The number of hydrogen-bond acceptors (Lipinski definition) is 10. The van der Waals surface area contributed by atoms with E-state index < -0.39 is 0 Å². The predicted molar refractivity (Wildman–Crippen MR) is 177 cm³/mol. The Morgan fingerprint density at radius 3 is 0.940 bits per heavy atom. The van der Waals surface area contributed by atoms with Crippen LogP contribution in [0.25, 0.3) is 101 Å². The van der Waals surface area contributed by atoms with Crippen molar-refractivity contribution >= 4 is 56.0 Å². The zero-order valence-electron chi connectivity index (χ0n) is 25.3. The summed E-state index contributed by atoms with van der Waals surface area (Å²) in [6, 6.07) is 30.2. The molecule has 0 aliphatic carbocycles. The predicted octanol–water partition coefficient (Wildman–Crippen LogP) is 7.17. The van der Waals surface area contributed by atoms with E-state index in [4.69, 9.17) is 48.2 Å². The molecule has 3 aromatic heterocycles. The molecule has 16 heteroatoms. The first kappa shape index (κ1) is 32.7. The molecule has 0 saturated heterocycles. The summed E-state index contributed by atoms with van der Waals surface area (Å²) in [5, 5.41) is 2.93. The molecular weight excluding hydrogens is 800 g/mol. The van der Waals surface area contributed by atoms with Gasteiger partial charge in [-0.25, -0.2) is 9.97 Å². The summed E-state index contributed by atoms with van der Waals surface area (Å²) in [6.07, 6.45) is 0. The molecule has 0 spiro atoms. The molecule has 8 bridgehead atoms. The molecule has 2 aliphatic heterocycles. The molecule has 0 unspecified atom stereocenters. The summed E-state index contributed by atoms with van der Waals surface area (Å²) in [5.74, 6) is 0.856. The van der Waals surface area contributed by atoms with Gasteiger partial charge in [0.1, 0.15) is 0 Å². The van der Waals surface area contributed by atoms with Crippen LogP contribution in [0, 0.1) is 0 Å². The molecule has 7 aromatic rings. The van der Waals surface area contributed by atoms with E-state index in [0.717, 1.165) is 21.9 Å². The van der Waals surface area contributed by atoms with Crippen molar-refractivity contribution in [3.63, 3.8) is 0 Å². The van der Waals surface area contributed by atoms with Crippen LogP contribution < -0.4 is 9.97 Å². The average Bonchev–Trinajstić information content (AvgIpc) is 3.89. The van der Waals surface area contributed by atoms with Crippen molar-refractivity contribution in [2.75, 3.05) is 0 Å². The molecule has 2 aliphatic rings. The summed E-state index contributed by atoms with van der Waals surface area (Å²) < 4.78 is 16.5. The Kier molecular flexibility index (Phi) is 9.12. The van der Waals surface area contributed by atoms with Crippen LogP contribution in [0.2, 0.25) is 0 Å². The molecule has 14 nitrogen and oxygen atoms in total. The maximum absolute atomic E-state index is 8.70. The molecule has 0 radical (unpaired) electrons. The van der Waals surface area contributed by atoms with Gasteiger partial charge in [-0.1, -0.05) is 97.1 Å². The number of benzene rings is 4. The van der Waals surface area contributed by atoms with Gasteiger partial charge in [-0.3, -0.25) is 0 Å². The minimum absolute atomic E-state index is 0.270. The molecular formula is C34H18Mo2N12O2-4. The van der Waals surface area contributed by atoms with Gasteiger partial charge in [-0.2, -0.15) is 0 Å². The van der Waals surface area contributed by atoms with Crippen LogP contribution in [0.15, 0.2) is 97.1 Å². The second kappa shape index (κ2) is 13.9. The van der Waals surface area contributed by atoms with Crippen LogP contribution in [0.4, 0.5) is 11.9 Å². The fraction of sp³-hybridized carbons (Fsp3) is 0. The molecule has 9 rings (SSSR count). The second-order valence-electron chi connectivity index (χ2n) is 10.5. The molecule has 0 saturated carbocycles. The van der Waals surface area contributed by atoms with E-state index in [1.165, 1.54) is 0 Å². The van der Waals surface area contributed by atoms with E-state index in [9.17, 15) is 0 Å². The third kappa shape index (κ3) is 5.88. The van der Waals surface area contributed by atoms with Crippen LogP contribution in [-0.4, -0.2) is 39.9 Å². The van der Waals surface area contributed by atoms with Gasteiger partial charge in [0.25, 0.3) is 0 Å². The van der Waals surface area contributed by atoms with Crippen molar-refractivity contribution in [3.8, 4) is 45.6 Å². The Labute approximate surface area is 304 Å². The molecule has 0 fully saturated rings.